The SMILES string of the molecule is CC(C)(C)[C@@H]1CCCN1C(=O)c1cc(C#N)c[nH]1. The zero-order valence-corrected chi connectivity index (χ0v) is 11.2. The lowest BCUT2D eigenvalue weighted by Gasteiger charge is -2.34. The van der Waals surface area contributed by atoms with Crippen LogP contribution in [-0.2, 0) is 0 Å². The summed E-state index contributed by atoms with van der Waals surface area (Å²) in [6.45, 7) is 7.30. The number of nitrogens with zero attached hydrogens (tertiary/aromatic N) is 2. The fourth-order valence-electron chi connectivity index (χ4n) is 2.65. The van der Waals surface area contributed by atoms with E-state index in [0.717, 1.165) is 19.4 Å². The van der Waals surface area contributed by atoms with Crippen molar-refractivity contribution < 1.29 is 4.79 Å². The third kappa shape index (κ3) is 2.26. The van der Waals surface area contributed by atoms with Crippen LogP contribution in [0.4, 0.5) is 0 Å². The Kier molecular flexibility index (Phi) is 3.16. The Morgan fingerprint density at radius 3 is 2.83 bits per heavy atom. The van der Waals surface area contributed by atoms with Crippen LogP contribution in [0.25, 0.3) is 0 Å². The first kappa shape index (κ1) is 12.7. The molecule has 1 N–H and O–H groups in total. The highest BCUT2D eigenvalue weighted by Gasteiger charge is 2.37. The van der Waals surface area contributed by atoms with Gasteiger partial charge < -0.3 is 9.88 Å². The number of H-pyrrole nitrogens is 1. The van der Waals surface area contributed by atoms with Gasteiger partial charge in [-0.05, 0) is 24.3 Å². The van der Waals surface area contributed by atoms with E-state index in [1.165, 1.54) is 0 Å². The lowest BCUT2D eigenvalue weighted by atomic mass is 9.85. The van der Waals surface area contributed by atoms with Gasteiger partial charge in [0.1, 0.15) is 11.8 Å². The van der Waals surface area contributed by atoms with Crippen molar-refractivity contribution in [3.8, 4) is 6.07 Å². The van der Waals surface area contributed by atoms with Gasteiger partial charge >= 0.3 is 0 Å². The first-order valence-corrected chi connectivity index (χ1v) is 6.33. The highest BCUT2D eigenvalue weighted by atomic mass is 16.2. The summed E-state index contributed by atoms with van der Waals surface area (Å²) >= 11 is 0. The number of hydrogen-bond donors (Lipinski definition) is 1. The molecule has 0 aromatic carbocycles. The molecule has 1 fully saturated rings. The lowest BCUT2D eigenvalue weighted by Crippen LogP contribution is -2.43. The minimum absolute atomic E-state index is 0.00826. The maximum absolute atomic E-state index is 12.4. The smallest absolute Gasteiger partial charge is 0.270 e. The maximum atomic E-state index is 12.4. The number of hydrogen-bond acceptors (Lipinski definition) is 2. The van der Waals surface area contributed by atoms with Gasteiger partial charge in [-0.3, -0.25) is 4.79 Å². The quantitative estimate of drug-likeness (QED) is 0.826. The van der Waals surface area contributed by atoms with E-state index in [-0.39, 0.29) is 17.4 Å². The van der Waals surface area contributed by atoms with Crippen molar-refractivity contribution in [3.63, 3.8) is 0 Å². The minimum Gasteiger partial charge on any atom is -0.356 e. The average molecular weight is 245 g/mol. The number of carbonyl (C=O) groups excluding carboxylic acids is 1. The van der Waals surface area contributed by atoms with Gasteiger partial charge in [0.25, 0.3) is 5.91 Å². The Bertz CT molecular complexity index is 490. The molecule has 4 nitrogen and oxygen atoms in total. The molecule has 0 bridgehead atoms. The number of carbonyl (C=O) groups is 1. The van der Waals surface area contributed by atoms with E-state index in [4.69, 9.17) is 5.26 Å². The fraction of sp³-hybridized carbons (Fsp3) is 0.571. The van der Waals surface area contributed by atoms with Gasteiger partial charge in [0, 0.05) is 18.8 Å². The molecule has 0 saturated carbocycles. The van der Waals surface area contributed by atoms with E-state index in [9.17, 15) is 4.79 Å². The molecule has 0 spiro atoms. The number of rotatable bonds is 1. The van der Waals surface area contributed by atoms with E-state index in [0.29, 0.717) is 11.3 Å². The van der Waals surface area contributed by atoms with Gasteiger partial charge in [-0.2, -0.15) is 5.26 Å². The normalized spacial score (nSPS) is 19.9. The van der Waals surface area contributed by atoms with Gasteiger partial charge in [0.2, 0.25) is 0 Å². The molecule has 4 heteroatoms. The average Bonchev–Trinajstić information content (AvgIpc) is 2.96. The Hall–Kier alpha value is -1.76. The van der Waals surface area contributed by atoms with Crippen molar-refractivity contribution in [1.29, 1.82) is 5.26 Å². The third-order valence-electron chi connectivity index (χ3n) is 3.56. The summed E-state index contributed by atoms with van der Waals surface area (Å²) in [7, 11) is 0. The van der Waals surface area contributed by atoms with E-state index in [1.807, 2.05) is 11.0 Å². The van der Waals surface area contributed by atoms with Crippen LogP contribution in [-0.4, -0.2) is 28.4 Å². The topological polar surface area (TPSA) is 59.9 Å². The minimum atomic E-state index is 0.00826. The first-order chi connectivity index (χ1) is 8.43. The second-order valence-corrected chi connectivity index (χ2v) is 5.94. The summed E-state index contributed by atoms with van der Waals surface area (Å²) in [5, 5.41) is 8.78. The van der Waals surface area contributed by atoms with Crippen molar-refractivity contribution in [2.45, 2.75) is 39.7 Å². The molecule has 0 unspecified atom stereocenters. The highest BCUT2D eigenvalue weighted by Crippen LogP contribution is 2.33. The van der Waals surface area contributed by atoms with E-state index in [1.54, 1.807) is 12.3 Å². The number of aromatic amines is 1. The Balaban J connectivity index is 2.21. The molecule has 1 aliphatic rings. The summed E-state index contributed by atoms with van der Waals surface area (Å²) < 4.78 is 0. The molecule has 1 amide bonds. The van der Waals surface area contributed by atoms with Crippen LogP contribution in [0.3, 0.4) is 0 Å². The Morgan fingerprint density at radius 1 is 1.56 bits per heavy atom. The highest BCUT2D eigenvalue weighted by molar-refractivity contribution is 5.93. The number of nitrogens with one attached hydrogen (secondary N) is 1. The predicted octanol–water partition coefficient (Wildman–Crippen LogP) is 2.54. The molecule has 18 heavy (non-hydrogen) atoms. The summed E-state index contributed by atoms with van der Waals surface area (Å²) in [5.74, 6) is 0.00826. The zero-order valence-electron chi connectivity index (χ0n) is 11.2. The van der Waals surface area contributed by atoms with E-state index in [2.05, 4.69) is 25.8 Å². The van der Waals surface area contributed by atoms with Gasteiger partial charge in [0.05, 0.1) is 5.56 Å². The molecule has 1 saturated heterocycles. The fourth-order valence-corrected chi connectivity index (χ4v) is 2.65. The second-order valence-electron chi connectivity index (χ2n) is 5.94. The van der Waals surface area contributed by atoms with Crippen LogP contribution in [0.2, 0.25) is 0 Å². The number of likely N-dealkylation sites (tertiary alicyclic amines) is 1. The van der Waals surface area contributed by atoms with Crippen molar-refractivity contribution in [2.75, 3.05) is 6.54 Å². The molecule has 2 rings (SSSR count). The molecule has 1 aliphatic heterocycles. The van der Waals surface area contributed by atoms with Gasteiger partial charge in [0.15, 0.2) is 0 Å². The van der Waals surface area contributed by atoms with E-state index >= 15 is 0 Å². The van der Waals surface area contributed by atoms with Gasteiger partial charge in [-0.1, -0.05) is 20.8 Å². The third-order valence-corrected chi connectivity index (χ3v) is 3.56. The lowest BCUT2D eigenvalue weighted by molar-refractivity contribution is 0.0621. The van der Waals surface area contributed by atoms with Crippen LogP contribution in [0.15, 0.2) is 12.3 Å². The van der Waals surface area contributed by atoms with Crippen molar-refractivity contribution >= 4 is 5.91 Å². The monoisotopic (exact) mass is 245 g/mol. The molecule has 2 heterocycles. The van der Waals surface area contributed by atoms with Crippen molar-refractivity contribution in [3.05, 3.63) is 23.5 Å². The van der Waals surface area contributed by atoms with Gasteiger partial charge in [-0.15, -0.1) is 0 Å². The van der Waals surface area contributed by atoms with Crippen LogP contribution >= 0.6 is 0 Å². The molecule has 0 radical (unpaired) electrons. The van der Waals surface area contributed by atoms with Crippen LogP contribution in [0.5, 0.6) is 0 Å². The summed E-state index contributed by atoms with van der Waals surface area (Å²) in [6, 6.07) is 3.93. The van der Waals surface area contributed by atoms with Crippen molar-refractivity contribution in [2.24, 2.45) is 5.41 Å². The Morgan fingerprint density at radius 2 is 2.28 bits per heavy atom. The molecule has 1 aromatic heterocycles. The van der Waals surface area contributed by atoms with Crippen LogP contribution in [0, 0.1) is 16.7 Å². The van der Waals surface area contributed by atoms with Gasteiger partial charge in [-0.25, -0.2) is 0 Å². The standard InChI is InChI=1S/C14H19N3O/c1-14(2,3)12-5-4-6-17(12)13(18)11-7-10(8-15)9-16-11/h7,9,12,16H,4-6H2,1-3H3/t12-/m0/s1. The molecule has 96 valence electrons. The van der Waals surface area contributed by atoms with Crippen LogP contribution < -0.4 is 0 Å². The zero-order chi connectivity index (χ0) is 13.3. The van der Waals surface area contributed by atoms with Crippen molar-refractivity contribution in [1.82, 2.24) is 9.88 Å². The Labute approximate surface area is 108 Å². The number of amides is 1. The number of nitriles is 1. The van der Waals surface area contributed by atoms with E-state index < -0.39 is 0 Å². The molecular formula is C14H19N3O. The number of aromatic nitrogens is 1. The summed E-state index contributed by atoms with van der Waals surface area (Å²) in [5.41, 5.74) is 1.11. The summed E-state index contributed by atoms with van der Waals surface area (Å²) in [4.78, 5) is 17.2. The first-order valence-electron chi connectivity index (χ1n) is 6.33. The molecule has 1 atom stereocenters. The molecule has 1 aromatic rings. The largest absolute Gasteiger partial charge is 0.356 e. The maximum Gasteiger partial charge on any atom is 0.270 e. The summed E-state index contributed by atoms with van der Waals surface area (Å²) in [6.07, 6.45) is 3.69. The second kappa shape index (κ2) is 4.49. The predicted molar refractivity (Wildman–Crippen MR) is 69.0 cm³/mol. The molecular weight excluding hydrogens is 226 g/mol. The van der Waals surface area contributed by atoms with Crippen LogP contribution in [0.1, 0.15) is 49.7 Å². The molecule has 0 aliphatic carbocycles.